The Bertz CT molecular complexity index is 860. The van der Waals surface area contributed by atoms with Gasteiger partial charge in [0, 0.05) is 25.7 Å². The van der Waals surface area contributed by atoms with Gasteiger partial charge in [-0.05, 0) is 49.4 Å². The van der Waals surface area contributed by atoms with Crippen LogP contribution in [0.4, 0.5) is 0 Å². The zero-order valence-corrected chi connectivity index (χ0v) is 17.4. The summed E-state index contributed by atoms with van der Waals surface area (Å²) in [7, 11) is 0. The molecule has 1 saturated heterocycles. The predicted octanol–water partition coefficient (Wildman–Crippen LogP) is 3.83. The van der Waals surface area contributed by atoms with E-state index in [1.165, 1.54) is 6.42 Å². The number of nitrogens with zero attached hydrogens (tertiary/aromatic N) is 2. The molecule has 1 amide bonds. The molecule has 3 unspecified atom stereocenters. The van der Waals surface area contributed by atoms with Crippen molar-refractivity contribution < 1.29 is 13.9 Å². The lowest BCUT2D eigenvalue weighted by Crippen LogP contribution is -2.46. The van der Waals surface area contributed by atoms with E-state index in [4.69, 9.17) is 14.4 Å². The van der Waals surface area contributed by atoms with E-state index in [1.54, 1.807) is 30.3 Å². The Morgan fingerprint density at radius 2 is 2.00 bits per heavy atom. The van der Waals surface area contributed by atoms with E-state index in [0.29, 0.717) is 28.9 Å². The fraction of sp³-hybridized carbons (Fsp3) is 0.478. The molecule has 0 radical (unpaired) electrons. The third kappa shape index (κ3) is 5.85. The molecule has 1 fully saturated rings. The van der Waals surface area contributed by atoms with Gasteiger partial charge in [-0.15, -0.1) is 0 Å². The summed E-state index contributed by atoms with van der Waals surface area (Å²) in [6, 6.07) is 12.5. The average molecular weight is 396 g/mol. The lowest BCUT2D eigenvalue weighted by atomic mass is 9.92. The lowest BCUT2D eigenvalue weighted by Gasteiger charge is -2.36. The summed E-state index contributed by atoms with van der Waals surface area (Å²) in [4.78, 5) is 14.9. The van der Waals surface area contributed by atoms with Crippen LogP contribution in [-0.4, -0.2) is 36.5 Å². The third-order valence-corrected chi connectivity index (χ3v) is 5.12. The van der Waals surface area contributed by atoms with Gasteiger partial charge in [-0.2, -0.15) is 5.26 Å². The molecule has 1 aliphatic heterocycles. The zero-order chi connectivity index (χ0) is 20.8. The zero-order valence-electron chi connectivity index (χ0n) is 17.4. The van der Waals surface area contributed by atoms with Gasteiger partial charge in [0.2, 0.25) is 0 Å². The maximum atomic E-state index is 12.5. The first-order valence-electron chi connectivity index (χ1n) is 10.2. The number of piperidine rings is 1. The molecule has 1 aliphatic rings. The van der Waals surface area contributed by atoms with E-state index in [0.717, 1.165) is 19.6 Å². The summed E-state index contributed by atoms with van der Waals surface area (Å²) in [5.74, 6) is 2.47. The van der Waals surface area contributed by atoms with Crippen LogP contribution in [0, 0.1) is 23.2 Å². The lowest BCUT2D eigenvalue weighted by molar-refractivity contribution is 0.0874. The van der Waals surface area contributed by atoms with E-state index in [9.17, 15) is 4.79 Å². The molecule has 0 bridgehead atoms. The van der Waals surface area contributed by atoms with Crippen LogP contribution >= 0.6 is 0 Å². The summed E-state index contributed by atoms with van der Waals surface area (Å²) < 4.78 is 11.3. The smallest absolute Gasteiger partial charge is 0.287 e. The van der Waals surface area contributed by atoms with Crippen LogP contribution in [0.25, 0.3) is 0 Å². The SMILES string of the molecule is CC1CC(C)CN(CC(C)NC(=O)c2ccc(COc3ccccc3C#N)o2)C1. The van der Waals surface area contributed by atoms with Crippen molar-refractivity contribution >= 4 is 5.91 Å². The minimum atomic E-state index is -0.223. The van der Waals surface area contributed by atoms with Gasteiger partial charge in [-0.1, -0.05) is 26.0 Å². The predicted molar refractivity (Wildman–Crippen MR) is 111 cm³/mol. The van der Waals surface area contributed by atoms with Crippen LogP contribution in [-0.2, 0) is 6.61 Å². The molecule has 2 aromatic rings. The molecule has 6 heteroatoms. The first-order chi connectivity index (χ1) is 13.9. The fourth-order valence-electron chi connectivity index (χ4n) is 4.08. The number of likely N-dealkylation sites (tertiary alicyclic amines) is 1. The van der Waals surface area contributed by atoms with Gasteiger partial charge in [0.05, 0.1) is 5.56 Å². The highest BCUT2D eigenvalue weighted by Gasteiger charge is 2.24. The number of furan rings is 1. The van der Waals surface area contributed by atoms with Crippen molar-refractivity contribution in [1.29, 1.82) is 5.26 Å². The van der Waals surface area contributed by atoms with Crippen molar-refractivity contribution in [3.63, 3.8) is 0 Å². The maximum absolute atomic E-state index is 12.5. The molecule has 29 heavy (non-hydrogen) atoms. The molecule has 154 valence electrons. The molecule has 0 spiro atoms. The Morgan fingerprint density at radius 3 is 2.72 bits per heavy atom. The number of ether oxygens (including phenoxy) is 1. The standard InChI is InChI=1S/C23H29N3O3/c1-16-10-17(2)13-26(12-16)14-18(3)25-23(27)22-9-8-20(29-22)15-28-21-7-5-4-6-19(21)11-24/h4-9,16-18H,10,12-15H2,1-3H3,(H,25,27). The fourth-order valence-corrected chi connectivity index (χ4v) is 4.08. The quantitative estimate of drug-likeness (QED) is 0.771. The number of nitriles is 1. The molecule has 0 aliphatic carbocycles. The monoisotopic (exact) mass is 395 g/mol. The highest BCUT2D eigenvalue weighted by Crippen LogP contribution is 2.21. The number of rotatable bonds is 7. The summed E-state index contributed by atoms with van der Waals surface area (Å²) >= 11 is 0. The van der Waals surface area contributed by atoms with E-state index >= 15 is 0 Å². The summed E-state index contributed by atoms with van der Waals surface area (Å²) in [5.41, 5.74) is 0.465. The summed E-state index contributed by atoms with van der Waals surface area (Å²) in [6.45, 7) is 9.75. The van der Waals surface area contributed by atoms with E-state index in [-0.39, 0.29) is 24.3 Å². The summed E-state index contributed by atoms with van der Waals surface area (Å²) in [6.07, 6.45) is 1.27. The normalized spacial score (nSPS) is 20.6. The van der Waals surface area contributed by atoms with Crippen molar-refractivity contribution in [3.8, 4) is 11.8 Å². The highest BCUT2D eigenvalue weighted by atomic mass is 16.5. The van der Waals surface area contributed by atoms with Crippen molar-refractivity contribution in [2.45, 2.75) is 39.8 Å². The average Bonchev–Trinajstić information content (AvgIpc) is 3.15. The van der Waals surface area contributed by atoms with E-state index in [2.05, 4.69) is 30.1 Å². The number of benzene rings is 1. The molecular formula is C23H29N3O3. The molecule has 1 N–H and O–H groups in total. The second-order valence-electron chi connectivity index (χ2n) is 8.20. The van der Waals surface area contributed by atoms with Crippen LogP contribution < -0.4 is 10.1 Å². The van der Waals surface area contributed by atoms with Gasteiger partial charge in [0.1, 0.15) is 24.2 Å². The molecule has 3 rings (SSSR count). The Hall–Kier alpha value is -2.78. The van der Waals surface area contributed by atoms with Gasteiger partial charge in [-0.3, -0.25) is 4.79 Å². The van der Waals surface area contributed by atoms with E-state index < -0.39 is 0 Å². The number of hydrogen-bond donors (Lipinski definition) is 1. The number of hydrogen-bond acceptors (Lipinski definition) is 5. The second kappa shape index (κ2) is 9.62. The van der Waals surface area contributed by atoms with Crippen LogP contribution in [0.2, 0.25) is 0 Å². The number of carbonyl (C=O) groups is 1. The number of nitrogens with one attached hydrogen (secondary N) is 1. The maximum Gasteiger partial charge on any atom is 0.287 e. The van der Waals surface area contributed by atoms with E-state index in [1.807, 2.05) is 13.0 Å². The molecule has 2 heterocycles. The first kappa shape index (κ1) is 20.9. The molecule has 6 nitrogen and oxygen atoms in total. The Balaban J connectivity index is 1.50. The number of amides is 1. The molecule has 1 aromatic carbocycles. The Labute approximate surface area is 172 Å². The van der Waals surface area contributed by atoms with Crippen molar-refractivity contribution in [3.05, 3.63) is 53.5 Å². The molecule has 3 atom stereocenters. The second-order valence-corrected chi connectivity index (χ2v) is 8.20. The molecular weight excluding hydrogens is 366 g/mol. The number of carbonyl (C=O) groups excluding carboxylic acids is 1. The summed E-state index contributed by atoms with van der Waals surface area (Å²) in [5, 5.41) is 12.1. The van der Waals surface area contributed by atoms with Gasteiger partial charge in [0.25, 0.3) is 5.91 Å². The van der Waals surface area contributed by atoms with Crippen molar-refractivity contribution in [1.82, 2.24) is 10.2 Å². The van der Waals surface area contributed by atoms with Crippen LogP contribution in [0.3, 0.4) is 0 Å². The largest absolute Gasteiger partial charge is 0.484 e. The number of para-hydroxylation sites is 1. The Morgan fingerprint density at radius 1 is 1.28 bits per heavy atom. The van der Waals surface area contributed by atoms with Gasteiger partial charge in [-0.25, -0.2) is 0 Å². The molecule has 0 saturated carbocycles. The first-order valence-corrected chi connectivity index (χ1v) is 10.2. The Kier molecular flexibility index (Phi) is 6.95. The van der Waals surface area contributed by atoms with Crippen LogP contribution in [0.5, 0.6) is 5.75 Å². The van der Waals surface area contributed by atoms with Crippen molar-refractivity contribution in [2.24, 2.45) is 11.8 Å². The van der Waals surface area contributed by atoms with Crippen molar-refractivity contribution in [2.75, 3.05) is 19.6 Å². The van der Waals surface area contributed by atoms with Gasteiger partial charge < -0.3 is 19.4 Å². The highest BCUT2D eigenvalue weighted by molar-refractivity contribution is 5.91. The van der Waals surface area contributed by atoms with Gasteiger partial charge in [0.15, 0.2) is 5.76 Å². The van der Waals surface area contributed by atoms with Gasteiger partial charge >= 0.3 is 0 Å². The van der Waals surface area contributed by atoms with Crippen LogP contribution in [0.1, 0.15) is 49.1 Å². The molecule has 1 aromatic heterocycles. The third-order valence-electron chi connectivity index (χ3n) is 5.12. The topological polar surface area (TPSA) is 78.5 Å². The minimum Gasteiger partial charge on any atom is -0.484 e. The van der Waals surface area contributed by atoms with Crippen LogP contribution in [0.15, 0.2) is 40.8 Å². The minimum absolute atomic E-state index is 0.0345.